The molecule has 3 rings (SSSR count). The number of nitrogens with zero attached hydrogens (tertiary/aromatic N) is 1. The van der Waals surface area contributed by atoms with Gasteiger partial charge in [-0.3, -0.25) is 9.59 Å². The van der Waals surface area contributed by atoms with E-state index in [2.05, 4.69) is 20.9 Å². The summed E-state index contributed by atoms with van der Waals surface area (Å²) in [6, 6.07) is 9.48. The molecule has 3 N–H and O–H groups in total. The van der Waals surface area contributed by atoms with Crippen LogP contribution in [0.4, 0.5) is 5.13 Å². The van der Waals surface area contributed by atoms with E-state index < -0.39 is 0 Å². The predicted molar refractivity (Wildman–Crippen MR) is 96.9 cm³/mol. The van der Waals surface area contributed by atoms with Crippen LogP contribution in [-0.4, -0.2) is 36.4 Å². The molecular weight excluding hydrogens is 340 g/mol. The van der Waals surface area contributed by atoms with Crippen molar-refractivity contribution in [2.75, 3.05) is 25.0 Å². The Balaban J connectivity index is 1.36. The number of para-hydroxylation sites is 1. The maximum absolute atomic E-state index is 11.9. The van der Waals surface area contributed by atoms with Crippen molar-refractivity contribution in [3.8, 4) is 0 Å². The lowest BCUT2D eigenvalue weighted by atomic mass is 10.2. The predicted octanol–water partition coefficient (Wildman–Crippen LogP) is 2.16. The molecule has 0 bridgehead atoms. The summed E-state index contributed by atoms with van der Waals surface area (Å²) in [5.74, 6) is -0.0486. The second kappa shape index (κ2) is 7.80. The summed E-state index contributed by atoms with van der Waals surface area (Å²) < 4.78 is 6.18. The molecule has 8 heteroatoms. The molecular formula is C17H18N4O3S. The van der Waals surface area contributed by atoms with E-state index in [9.17, 15) is 9.59 Å². The molecule has 2 amide bonds. The Hall–Kier alpha value is -2.87. The van der Waals surface area contributed by atoms with Gasteiger partial charge in [0.2, 0.25) is 5.91 Å². The number of amides is 2. The van der Waals surface area contributed by atoms with Gasteiger partial charge in [0, 0.05) is 13.1 Å². The van der Waals surface area contributed by atoms with E-state index in [4.69, 9.17) is 4.42 Å². The van der Waals surface area contributed by atoms with Crippen LogP contribution in [0.1, 0.15) is 16.1 Å². The minimum Gasteiger partial charge on any atom is -0.469 e. The van der Waals surface area contributed by atoms with Crippen LogP contribution in [0, 0.1) is 6.92 Å². The quantitative estimate of drug-likeness (QED) is 0.563. The highest BCUT2D eigenvalue weighted by molar-refractivity contribution is 7.22. The third-order valence-electron chi connectivity index (χ3n) is 3.53. The molecule has 2 heterocycles. The fourth-order valence-corrected chi connectivity index (χ4v) is 3.15. The van der Waals surface area contributed by atoms with Gasteiger partial charge in [-0.2, -0.15) is 0 Å². The van der Waals surface area contributed by atoms with Crippen LogP contribution < -0.4 is 16.0 Å². The Bertz CT molecular complexity index is 854. The maximum Gasteiger partial charge on any atom is 0.255 e. The van der Waals surface area contributed by atoms with E-state index in [1.807, 2.05) is 24.3 Å². The van der Waals surface area contributed by atoms with E-state index in [-0.39, 0.29) is 18.4 Å². The van der Waals surface area contributed by atoms with Crippen LogP contribution in [0.15, 0.2) is 41.0 Å². The summed E-state index contributed by atoms with van der Waals surface area (Å²) >= 11 is 1.57. The lowest BCUT2D eigenvalue weighted by molar-refractivity contribution is -0.120. The van der Waals surface area contributed by atoms with Crippen molar-refractivity contribution in [3.05, 3.63) is 47.9 Å². The topological polar surface area (TPSA) is 96.3 Å². The Kier molecular flexibility index (Phi) is 5.30. The minimum atomic E-state index is -0.325. The monoisotopic (exact) mass is 358 g/mol. The average molecular weight is 358 g/mol. The van der Waals surface area contributed by atoms with E-state index in [1.165, 1.54) is 6.26 Å². The third kappa shape index (κ3) is 4.36. The van der Waals surface area contributed by atoms with Gasteiger partial charge in [0.1, 0.15) is 5.76 Å². The number of anilines is 1. The number of hydrogen-bond donors (Lipinski definition) is 3. The van der Waals surface area contributed by atoms with Gasteiger partial charge in [0.15, 0.2) is 5.13 Å². The lowest BCUT2D eigenvalue weighted by Crippen LogP contribution is -2.38. The number of hydrogen-bond acceptors (Lipinski definition) is 6. The fourth-order valence-electron chi connectivity index (χ4n) is 2.26. The number of carbonyl (C=O) groups is 2. The molecule has 1 aromatic carbocycles. The zero-order chi connectivity index (χ0) is 17.6. The fraction of sp³-hybridized carbons (Fsp3) is 0.235. The first-order valence-electron chi connectivity index (χ1n) is 7.82. The molecule has 0 saturated carbocycles. The van der Waals surface area contributed by atoms with E-state index in [0.29, 0.717) is 24.4 Å². The standard InChI is InChI=1S/C17H18N4O3S/c1-11-12(6-9-24-11)16(23)20-10-15(22)18-7-8-19-17-21-13-4-2-3-5-14(13)25-17/h2-6,9H,7-8,10H2,1H3,(H,18,22)(H,19,21)(H,20,23). The number of aryl methyl sites for hydroxylation is 1. The summed E-state index contributed by atoms with van der Waals surface area (Å²) in [6.07, 6.45) is 1.44. The maximum atomic E-state index is 11.9. The zero-order valence-electron chi connectivity index (χ0n) is 13.7. The van der Waals surface area contributed by atoms with Gasteiger partial charge < -0.3 is 20.4 Å². The molecule has 2 aromatic heterocycles. The average Bonchev–Trinajstić information content (AvgIpc) is 3.22. The Morgan fingerprint density at radius 1 is 1.16 bits per heavy atom. The van der Waals surface area contributed by atoms with Crippen LogP contribution in [0.25, 0.3) is 10.2 Å². The molecule has 0 fully saturated rings. The molecule has 0 saturated heterocycles. The first-order valence-corrected chi connectivity index (χ1v) is 8.63. The number of aromatic nitrogens is 1. The number of benzene rings is 1. The van der Waals surface area contributed by atoms with Crippen molar-refractivity contribution in [1.29, 1.82) is 0 Å². The second-order valence-electron chi connectivity index (χ2n) is 5.34. The molecule has 0 aliphatic heterocycles. The van der Waals surface area contributed by atoms with Gasteiger partial charge in [-0.15, -0.1) is 0 Å². The molecule has 25 heavy (non-hydrogen) atoms. The molecule has 0 spiro atoms. The second-order valence-corrected chi connectivity index (χ2v) is 6.37. The van der Waals surface area contributed by atoms with Crippen molar-refractivity contribution < 1.29 is 14.0 Å². The molecule has 0 atom stereocenters. The smallest absolute Gasteiger partial charge is 0.255 e. The van der Waals surface area contributed by atoms with Gasteiger partial charge in [-0.05, 0) is 25.1 Å². The minimum absolute atomic E-state index is 0.0788. The van der Waals surface area contributed by atoms with Crippen molar-refractivity contribution >= 4 is 38.5 Å². The summed E-state index contributed by atoms with van der Waals surface area (Å²) in [4.78, 5) is 28.1. The summed E-state index contributed by atoms with van der Waals surface area (Å²) in [5, 5.41) is 9.30. The van der Waals surface area contributed by atoms with Crippen LogP contribution in [-0.2, 0) is 4.79 Å². The van der Waals surface area contributed by atoms with Gasteiger partial charge in [0.05, 0.1) is 28.6 Å². The largest absolute Gasteiger partial charge is 0.469 e. The first-order chi connectivity index (χ1) is 12.1. The molecule has 0 unspecified atom stereocenters. The van der Waals surface area contributed by atoms with Crippen molar-refractivity contribution in [1.82, 2.24) is 15.6 Å². The number of nitrogens with one attached hydrogen (secondary N) is 3. The summed E-state index contributed by atoms with van der Waals surface area (Å²) in [5.41, 5.74) is 1.39. The van der Waals surface area contributed by atoms with Crippen LogP contribution >= 0.6 is 11.3 Å². The Labute approximate surface area is 148 Å². The van der Waals surface area contributed by atoms with Gasteiger partial charge in [-0.1, -0.05) is 23.5 Å². The molecule has 0 aliphatic rings. The molecule has 0 radical (unpaired) electrons. The zero-order valence-corrected chi connectivity index (χ0v) is 14.5. The number of rotatable bonds is 7. The number of thiazole rings is 1. The number of furan rings is 1. The van der Waals surface area contributed by atoms with Crippen LogP contribution in [0.2, 0.25) is 0 Å². The first kappa shape index (κ1) is 17.0. The van der Waals surface area contributed by atoms with Crippen molar-refractivity contribution in [2.24, 2.45) is 0 Å². The highest BCUT2D eigenvalue weighted by Gasteiger charge is 2.12. The van der Waals surface area contributed by atoms with E-state index in [1.54, 1.807) is 24.3 Å². The molecule has 0 aliphatic carbocycles. The normalized spacial score (nSPS) is 10.6. The van der Waals surface area contributed by atoms with E-state index in [0.717, 1.165) is 15.3 Å². The van der Waals surface area contributed by atoms with E-state index >= 15 is 0 Å². The molecule has 3 aromatic rings. The Morgan fingerprint density at radius 2 is 2.00 bits per heavy atom. The van der Waals surface area contributed by atoms with Crippen molar-refractivity contribution in [3.63, 3.8) is 0 Å². The van der Waals surface area contributed by atoms with Crippen molar-refractivity contribution in [2.45, 2.75) is 6.92 Å². The SMILES string of the molecule is Cc1occc1C(=O)NCC(=O)NCCNc1nc2ccccc2s1. The van der Waals surface area contributed by atoms with Gasteiger partial charge in [0.25, 0.3) is 5.91 Å². The lowest BCUT2D eigenvalue weighted by Gasteiger charge is -2.07. The van der Waals surface area contributed by atoms with Gasteiger partial charge >= 0.3 is 0 Å². The molecule has 7 nitrogen and oxygen atoms in total. The third-order valence-corrected chi connectivity index (χ3v) is 4.52. The van der Waals surface area contributed by atoms with Gasteiger partial charge in [-0.25, -0.2) is 4.98 Å². The Morgan fingerprint density at radius 3 is 2.76 bits per heavy atom. The number of carbonyl (C=O) groups excluding carboxylic acids is 2. The highest BCUT2D eigenvalue weighted by Crippen LogP contribution is 2.24. The van der Waals surface area contributed by atoms with Crippen LogP contribution in [0.3, 0.4) is 0 Å². The molecule has 130 valence electrons. The van der Waals surface area contributed by atoms with Crippen LogP contribution in [0.5, 0.6) is 0 Å². The summed E-state index contributed by atoms with van der Waals surface area (Å²) in [6.45, 7) is 2.61. The highest BCUT2D eigenvalue weighted by atomic mass is 32.1. The summed E-state index contributed by atoms with van der Waals surface area (Å²) in [7, 11) is 0. The number of fused-ring (bicyclic) bond motifs is 1.